The largest absolute Gasteiger partial charge is 0.279 e. The van der Waals surface area contributed by atoms with Crippen molar-refractivity contribution >= 4 is 21.8 Å². The highest BCUT2D eigenvalue weighted by Crippen LogP contribution is 2.12. The minimum Gasteiger partial charge on any atom is -0.198 e. The Morgan fingerprint density at radius 3 is 2.56 bits per heavy atom. The zero-order chi connectivity index (χ0) is 13.0. The molecule has 1 fully saturated rings. The summed E-state index contributed by atoms with van der Waals surface area (Å²) in [6, 6.07) is 7.62. The summed E-state index contributed by atoms with van der Waals surface area (Å²) >= 11 is 5.75. The summed E-state index contributed by atoms with van der Waals surface area (Å²) < 4.78 is 28.0. The lowest BCUT2D eigenvalue weighted by molar-refractivity contribution is 0.464. The Balaban J connectivity index is 1.97. The summed E-state index contributed by atoms with van der Waals surface area (Å²) in [5.41, 5.74) is 1.92. The molecule has 1 heterocycles. The highest BCUT2D eigenvalue weighted by Gasteiger charge is 2.24. The molecule has 0 aliphatic carbocycles. The summed E-state index contributed by atoms with van der Waals surface area (Å²) in [6.45, 7) is 1.55. The van der Waals surface area contributed by atoms with Gasteiger partial charge in [-0.25, -0.2) is 0 Å². The first-order valence-electron chi connectivity index (χ1n) is 6.00. The molecule has 6 heteroatoms. The summed E-state index contributed by atoms with van der Waals surface area (Å²) in [6.07, 6.45) is 1.89. The number of rotatable bonds is 5. The molecule has 0 spiro atoms. The maximum atomic E-state index is 11.9. The number of nitrogens with zero attached hydrogens (tertiary/aromatic N) is 1. The van der Waals surface area contributed by atoms with Gasteiger partial charge in [0.05, 0.1) is 0 Å². The maximum absolute atomic E-state index is 11.9. The number of hydrogen-bond donors (Lipinski definition) is 1. The van der Waals surface area contributed by atoms with Gasteiger partial charge in [-0.2, -0.15) is 17.4 Å². The van der Waals surface area contributed by atoms with E-state index in [1.165, 1.54) is 4.31 Å². The molecule has 1 aromatic carbocycles. The van der Waals surface area contributed by atoms with Gasteiger partial charge in [-0.1, -0.05) is 24.3 Å². The monoisotopic (exact) mass is 288 g/mol. The second-order valence-electron chi connectivity index (χ2n) is 4.39. The van der Waals surface area contributed by atoms with E-state index in [0.717, 1.165) is 24.0 Å². The van der Waals surface area contributed by atoms with E-state index in [-0.39, 0.29) is 0 Å². The Bertz CT molecular complexity index is 499. The lowest BCUT2D eigenvalue weighted by Gasteiger charge is -2.16. The van der Waals surface area contributed by atoms with Crippen LogP contribution in [0.25, 0.3) is 0 Å². The summed E-state index contributed by atoms with van der Waals surface area (Å²) in [4.78, 5) is 0. The minimum absolute atomic E-state index is 0.309. The van der Waals surface area contributed by atoms with Crippen LogP contribution in [0, 0.1) is 0 Å². The van der Waals surface area contributed by atoms with Crippen LogP contribution in [0.2, 0.25) is 0 Å². The van der Waals surface area contributed by atoms with Gasteiger partial charge in [-0.15, -0.1) is 11.6 Å². The number of hydrogen-bond acceptors (Lipinski definition) is 2. The predicted octanol–water partition coefficient (Wildman–Crippen LogP) is 1.86. The van der Waals surface area contributed by atoms with Crippen LogP contribution in [0.1, 0.15) is 24.0 Å². The van der Waals surface area contributed by atoms with Crippen molar-refractivity contribution in [2.75, 3.05) is 13.1 Å². The van der Waals surface area contributed by atoms with Crippen LogP contribution in [0.3, 0.4) is 0 Å². The van der Waals surface area contributed by atoms with E-state index in [4.69, 9.17) is 11.6 Å². The first-order valence-corrected chi connectivity index (χ1v) is 7.98. The van der Waals surface area contributed by atoms with Gasteiger partial charge in [0, 0.05) is 25.5 Å². The van der Waals surface area contributed by atoms with Crippen LogP contribution in [-0.4, -0.2) is 25.8 Å². The van der Waals surface area contributed by atoms with Crippen LogP contribution >= 0.6 is 11.6 Å². The molecule has 1 aliphatic heterocycles. The second kappa shape index (κ2) is 6.02. The molecule has 4 nitrogen and oxygen atoms in total. The molecule has 18 heavy (non-hydrogen) atoms. The van der Waals surface area contributed by atoms with Gasteiger partial charge in [0.2, 0.25) is 0 Å². The molecule has 100 valence electrons. The number of alkyl halides is 1. The molecule has 0 atom stereocenters. The van der Waals surface area contributed by atoms with E-state index >= 15 is 0 Å². The number of halogens is 1. The molecular weight excluding hydrogens is 272 g/mol. The Morgan fingerprint density at radius 1 is 1.22 bits per heavy atom. The molecule has 1 N–H and O–H groups in total. The average Bonchev–Trinajstić information content (AvgIpc) is 2.91. The molecule has 0 radical (unpaired) electrons. The van der Waals surface area contributed by atoms with Crippen LogP contribution in [0.5, 0.6) is 0 Å². The van der Waals surface area contributed by atoms with E-state index in [1.54, 1.807) is 0 Å². The SMILES string of the molecule is O=S(=O)(NCc1cccc(CCl)c1)N1CCCC1. The second-order valence-corrected chi connectivity index (χ2v) is 6.41. The Kier molecular flexibility index (Phi) is 4.61. The predicted molar refractivity (Wildman–Crippen MR) is 72.6 cm³/mol. The minimum atomic E-state index is -3.33. The molecule has 1 aromatic rings. The van der Waals surface area contributed by atoms with Gasteiger partial charge >= 0.3 is 0 Å². The molecule has 0 unspecified atom stereocenters. The van der Waals surface area contributed by atoms with Gasteiger partial charge in [-0.05, 0) is 24.0 Å². The van der Waals surface area contributed by atoms with E-state index in [2.05, 4.69) is 4.72 Å². The fourth-order valence-electron chi connectivity index (χ4n) is 2.02. The van der Waals surface area contributed by atoms with Gasteiger partial charge in [0.15, 0.2) is 0 Å². The first-order chi connectivity index (χ1) is 8.62. The Hall–Kier alpha value is -0.620. The van der Waals surface area contributed by atoms with Crippen molar-refractivity contribution in [3.8, 4) is 0 Å². The fourth-order valence-corrected chi connectivity index (χ4v) is 3.45. The first kappa shape index (κ1) is 13.8. The highest BCUT2D eigenvalue weighted by molar-refractivity contribution is 7.87. The highest BCUT2D eigenvalue weighted by atomic mass is 35.5. The smallest absolute Gasteiger partial charge is 0.198 e. The van der Waals surface area contributed by atoms with Crippen LogP contribution < -0.4 is 4.72 Å². The fraction of sp³-hybridized carbons (Fsp3) is 0.500. The van der Waals surface area contributed by atoms with Crippen molar-refractivity contribution in [2.45, 2.75) is 25.3 Å². The van der Waals surface area contributed by atoms with E-state index in [9.17, 15) is 8.42 Å². The normalized spacial score (nSPS) is 17.2. The molecular formula is C12H17ClN2O2S. The van der Waals surface area contributed by atoms with E-state index in [0.29, 0.717) is 25.5 Å². The van der Waals surface area contributed by atoms with Crippen molar-refractivity contribution in [3.05, 3.63) is 35.4 Å². The third-order valence-electron chi connectivity index (χ3n) is 3.01. The van der Waals surface area contributed by atoms with Crippen molar-refractivity contribution in [2.24, 2.45) is 0 Å². The third-order valence-corrected chi connectivity index (χ3v) is 4.87. The molecule has 0 bridgehead atoms. The lowest BCUT2D eigenvalue weighted by Crippen LogP contribution is -2.38. The molecule has 0 aromatic heterocycles. The van der Waals surface area contributed by atoms with Gasteiger partial charge in [0.1, 0.15) is 0 Å². The van der Waals surface area contributed by atoms with Crippen LogP contribution in [0.4, 0.5) is 0 Å². The lowest BCUT2D eigenvalue weighted by atomic mass is 10.1. The molecule has 0 amide bonds. The quantitative estimate of drug-likeness (QED) is 0.841. The average molecular weight is 289 g/mol. The Labute approximate surface area is 113 Å². The third kappa shape index (κ3) is 3.45. The van der Waals surface area contributed by atoms with Crippen molar-refractivity contribution < 1.29 is 8.42 Å². The number of nitrogens with one attached hydrogen (secondary N) is 1. The van der Waals surface area contributed by atoms with Gasteiger partial charge in [-0.3, -0.25) is 0 Å². The summed E-state index contributed by atoms with van der Waals surface area (Å²) in [7, 11) is -3.33. The maximum Gasteiger partial charge on any atom is 0.279 e. The zero-order valence-electron chi connectivity index (χ0n) is 10.1. The number of benzene rings is 1. The zero-order valence-corrected chi connectivity index (χ0v) is 11.7. The Morgan fingerprint density at radius 2 is 1.89 bits per heavy atom. The van der Waals surface area contributed by atoms with E-state index in [1.807, 2.05) is 24.3 Å². The van der Waals surface area contributed by atoms with Crippen molar-refractivity contribution in [1.29, 1.82) is 0 Å². The van der Waals surface area contributed by atoms with Crippen LogP contribution in [-0.2, 0) is 22.6 Å². The summed E-state index contributed by atoms with van der Waals surface area (Å²) in [5, 5.41) is 0. The van der Waals surface area contributed by atoms with Crippen molar-refractivity contribution in [3.63, 3.8) is 0 Å². The summed E-state index contributed by atoms with van der Waals surface area (Å²) in [5.74, 6) is 0.437. The molecule has 1 saturated heterocycles. The van der Waals surface area contributed by atoms with Gasteiger partial charge < -0.3 is 0 Å². The molecule has 0 saturated carbocycles. The topological polar surface area (TPSA) is 49.4 Å². The molecule has 2 rings (SSSR count). The van der Waals surface area contributed by atoms with Crippen LogP contribution in [0.15, 0.2) is 24.3 Å². The standard InChI is InChI=1S/C12H17ClN2O2S/c13-9-11-4-3-5-12(8-11)10-14-18(16,17)15-6-1-2-7-15/h3-5,8,14H,1-2,6-7,9-10H2. The van der Waals surface area contributed by atoms with Gasteiger partial charge in [0.25, 0.3) is 10.2 Å². The van der Waals surface area contributed by atoms with Crippen molar-refractivity contribution in [1.82, 2.24) is 9.03 Å². The van der Waals surface area contributed by atoms with E-state index < -0.39 is 10.2 Å². The molecule has 1 aliphatic rings.